The Morgan fingerprint density at radius 1 is 0.960 bits per heavy atom. The van der Waals surface area contributed by atoms with Crippen molar-refractivity contribution < 1.29 is 14.4 Å². The zero-order valence-electron chi connectivity index (χ0n) is 14.5. The third-order valence-electron chi connectivity index (χ3n) is 3.82. The van der Waals surface area contributed by atoms with Gasteiger partial charge < -0.3 is 10.2 Å². The zero-order valence-corrected chi connectivity index (χ0v) is 14.5. The number of benzene rings is 2. The monoisotopic (exact) mass is 338 g/mol. The molecule has 0 unspecified atom stereocenters. The van der Waals surface area contributed by atoms with E-state index >= 15 is 0 Å². The fraction of sp³-hybridized carbons (Fsp3) is 0.250. The maximum absolute atomic E-state index is 12.1. The van der Waals surface area contributed by atoms with E-state index in [1.165, 1.54) is 13.8 Å². The Hall–Kier alpha value is -2.95. The maximum Gasteiger partial charge on any atom is 0.226 e. The molecule has 2 rings (SSSR count). The van der Waals surface area contributed by atoms with Gasteiger partial charge >= 0.3 is 0 Å². The number of Topliss-reactive ketones (excluding diaryl/α,β-unsaturated/α-hetero) is 1. The first-order valence-corrected chi connectivity index (χ1v) is 8.16. The highest BCUT2D eigenvalue weighted by molar-refractivity contribution is 5.97. The van der Waals surface area contributed by atoms with Crippen molar-refractivity contribution in [1.82, 2.24) is 4.90 Å². The Bertz CT molecular complexity index is 757. The smallest absolute Gasteiger partial charge is 0.226 e. The molecule has 2 aromatic carbocycles. The summed E-state index contributed by atoms with van der Waals surface area (Å²) in [6.07, 6.45) is 0.191. The molecule has 0 aliphatic heterocycles. The molecule has 0 radical (unpaired) electrons. The SMILES string of the molecule is CC(=O)c1cccc(NC(=O)CCN(Cc2ccccc2)C(C)=O)c1. The van der Waals surface area contributed by atoms with Gasteiger partial charge in [0.1, 0.15) is 0 Å². The summed E-state index contributed by atoms with van der Waals surface area (Å²) in [7, 11) is 0. The van der Waals surface area contributed by atoms with Crippen LogP contribution >= 0.6 is 0 Å². The first kappa shape index (κ1) is 18.4. The Balaban J connectivity index is 1.91. The van der Waals surface area contributed by atoms with Gasteiger partial charge in [-0.05, 0) is 24.6 Å². The second-order valence-corrected chi connectivity index (χ2v) is 5.86. The number of carbonyl (C=O) groups is 3. The molecule has 2 aromatic rings. The van der Waals surface area contributed by atoms with E-state index in [0.29, 0.717) is 24.3 Å². The molecule has 2 amide bonds. The average Bonchev–Trinajstić information content (AvgIpc) is 2.59. The highest BCUT2D eigenvalue weighted by Gasteiger charge is 2.12. The van der Waals surface area contributed by atoms with Crippen molar-refractivity contribution in [3.63, 3.8) is 0 Å². The van der Waals surface area contributed by atoms with E-state index in [1.807, 2.05) is 30.3 Å². The quantitative estimate of drug-likeness (QED) is 0.788. The van der Waals surface area contributed by atoms with Crippen molar-refractivity contribution in [2.24, 2.45) is 0 Å². The van der Waals surface area contributed by atoms with Gasteiger partial charge in [0.05, 0.1) is 0 Å². The van der Waals surface area contributed by atoms with E-state index in [4.69, 9.17) is 0 Å². The van der Waals surface area contributed by atoms with Gasteiger partial charge in [-0.25, -0.2) is 0 Å². The minimum atomic E-state index is -0.194. The fourth-order valence-corrected chi connectivity index (χ4v) is 2.43. The van der Waals surface area contributed by atoms with E-state index < -0.39 is 0 Å². The summed E-state index contributed by atoms with van der Waals surface area (Å²) in [6.45, 7) is 3.79. The maximum atomic E-state index is 12.1. The largest absolute Gasteiger partial charge is 0.338 e. The Labute approximate surface area is 147 Å². The third-order valence-corrected chi connectivity index (χ3v) is 3.82. The van der Waals surface area contributed by atoms with E-state index in [9.17, 15) is 14.4 Å². The lowest BCUT2D eigenvalue weighted by atomic mass is 10.1. The number of ketones is 1. The highest BCUT2D eigenvalue weighted by Crippen LogP contribution is 2.12. The van der Waals surface area contributed by atoms with Crippen LogP contribution in [0.5, 0.6) is 0 Å². The third kappa shape index (κ3) is 5.88. The minimum absolute atomic E-state index is 0.0540. The van der Waals surface area contributed by atoms with E-state index in [2.05, 4.69) is 5.32 Å². The molecule has 0 aliphatic rings. The number of hydrogen-bond acceptors (Lipinski definition) is 3. The number of nitrogens with zero attached hydrogens (tertiary/aromatic N) is 1. The Morgan fingerprint density at radius 2 is 1.68 bits per heavy atom. The molecule has 5 nitrogen and oxygen atoms in total. The highest BCUT2D eigenvalue weighted by atomic mass is 16.2. The lowest BCUT2D eigenvalue weighted by Gasteiger charge is -2.21. The standard InChI is InChI=1S/C20H22N2O3/c1-15(23)18-9-6-10-19(13-18)21-20(25)11-12-22(16(2)24)14-17-7-4-3-5-8-17/h3-10,13H,11-12,14H2,1-2H3,(H,21,25). The van der Waals surface area contributed by atoms with Crippen molar-refractivity contribution in [1.29, 1.82) is 0 Å². The van der Waals surface area contributed by atoms with Crippen molar-refractivity contribution in [3.8, 4) is 0 Å². The normalized spacial score (nSPS) is 10.2. The molecule has 0 heterocycles. The first-order chi connectivity index (χ1) is 12.0. The molecule has 0 aliphatic carbocycles. The van der Waals surface area contributed by atoms with Crippen LogP contribution in [0.1, 0.15) is 36.2 Å². The van der Waals surface area contributed by atoms with Crippen LogP contribution in [0.4, 0.5) is 5.69 Å². The molecular weight excluding hydrogens is 316 g/mol. The lowest BCUT2D eigenvalue weighted by molar-refractivity contribution is -0.129. The van der Waals surface area contributed by atoms with Gasteiger partial charge in [-0.3, -0.25) is 14.4 Å². The molecular formula is C20H22N2O3. The Kier molecular flexibility index (Phi) is 6.46. The van der Waals surface area contributed by atoms with Crippen LogP contribution in [0.2, 0.25) is 0 Å². The summed E-state index contributed by atoms with van der Waals surface area (Å²) < 4.78 is 0. The number of hydrogen-bond donors (Lipinski definition) is 1. The second kappa shape index (κ2) is 8.78. The number of carbonyl (C=O) groups excluding carboxylic acids is 3. The fourth-order valence-electron chi connectivity index (χ4n) is 2.43. The number of amides is 2. The van der Waals surface area contributed by atoms with Crippen LogP contribution in [0.3, 0.4) is 0 Å². The molecule has 0 aromatic heterocycles. The summed E-state index contributed by atoms with van der Waals surface area (Å²) in [4.78, 5) is 37.0. The molecule has 0 fully saturated rings. The number of rotatable bonds is 7. The van der Waals surface area contributed by atoms with Crippen molar-refractivity contribution in [2.75, 3.05) is 11.9 Å². The molecule has 1 N–H and O–H groups in total. The Morgan fingerprint density at radius 3 is 2.32 bits per heavy atom. The summed E-state index contributed by atoms with van der Waals surface area (Å²) >= 11 is 0. The molecule has 0 saturated heterocycles. The summed E-state index contributed by atoms with van der Waals surface area (Å²) in [5, 5.41) is 2.77. The van der Waals surface area contributed by atoms with Gasteiger partial charge in [-0.1, -0.05) is 42.5 Å². The second-order valence-electron chi connectivity index (χ2n) is 5.86. The van der Waals surface area contributed by atoms with Crippen LogP contribution in [-0.2, 0) is 16.1 Å². The zero-order chi connectivity index (χ0) is 18.2. The molecule has 25 heavy (non-hydrogen) atoms. The van der Waals surface area contributed by atoms with Crippen LogP contribution < -0.4 is 5.32 Å². The number of anilines is 1. The van der Waals surface area contributed by atoms with Gasteiger partial charge in [0.15, 0.2) is 5.78 Å². The summed E-state index contributed by atoms with van der Waals surface area (Å²) in [5.41, 5.74) is 2.15. The van der Waals surface area contributed by atoms with Gasteiger partial charge in [0.25, 0.3) is 0 Å². The van der Waals surface area contributed by atoms with Crippen LogP contribution in [0.25, 0.3) is 0 Å². The lowest BCUT2D eigenvalue weighted by Crippen LogP contribution is -2.31. The van der Waals surface area contributed by atoms with Crippen LogP contribution in [0.15, 0.2) is 54.6 Å². The van der Waals surface area contributed by atoms with Crippen LogP contribution in [-0.4, -0.2) is 29.0 Å². The van der Waals surface area contributed by atoms with Gasteiger partial charge in [-0.2, -0.15) is 0 Å². The molecule has 130 valence electrons. The van der Waals surface area contributed by atoms with E-state index in [0.717, 1.165) is 5.56 Å². The molecule has 0 bridgehead atoms. The predicted octanol–water partition coefficient (Wildman–Crippen LogP) is 3.27. The van der Waals surface area contributed by atoms with Crippen LogP contribution in [0, 0.1) is 0 Å². The summed E-state index contributed by atoms with van der Waals surface area (Å²) in [5.74, 6) is -0.322. The predicted molar refractivity (Wildman–Crippen MR) is 97.2 cm³/mol. The van der Waals surface area contributed by atoms with E-state index in [1.54, 1.807) is 29.2 Å². The minimum Gasteiger partial charge on any atom is -0.338 e. The van der Waals surface area contributed by atoms with Crippen molar-refractivity contribution in [2.45, 2.75) is 26.8 Å². The first-order valence-electron chi connectivity index (χ1n) is 8.16. The van der Waals surface area contributed by atoms with Gasteiger partial charge in [-0.15, -0.1) is 0 Å². The van der Waals surface area contributed by atoms with Crippen molar-refractivity contribution >= 4 is 23.3 Å². The molecule has 0 atom stereocenters. The topological polar surface area (TPSA) is 66.5 Å². The molecule has 0 saturated carbocycles. The van der Waals surface area contributed by atoms with E-state index in [-0.39, 0.29) is 24.0 Å². The number of nitrogens with one attached hydrogen (secondary N) is 1. The summed E-state index contributed by atoms with van der Waals surface area (Å²) in [6, 6.07) is 16.5. The molecule has 5 heteroatoms. The van der Waals surface area contributed by atoms with Gasteiger partial charge in [0.2, 0.25) is 11.8 Å². The molecule has 0 spiro atoms. The average molecular weight is 338 g/mol. The van der Waals surface area contributed by atoms with Crippen molar-refractivity contribution in [3.05, 3.63) is 65.7 Å². The van der Waals surface area contributed by atoms with Gasteiger partial charge in [0, 0.05) is 37.7 Å².